The fraction of sp³-hybridized carbons (Fsp3) is 0.857. The van der Waals surface area contributed by atoms with Crippen molar-refractivity contribution in [3.63, 3.8) is 0 Å². The molecule has 2 atom stereocenters. The Labute approximate surface area is 65.8 Å². The summed E-state index contributed by atoms with van der Waals surface area (Å²) in [4.78, 5) is 0. The Kier molecular flexibility index (Phi) is 3.04. The highest BCUT2D eigenvalue weighted by molar-refractivity contribution is 7.99. The van der Waals surface area contributed by atoms with Crippen LogP contribution in [-0.4, -0.2) is 17.5 Å². The molecule has 56 valence electrons. The highest BCUT2D eigenvalue weighted by Crippen LogP contribution is 2.23. The van der Waals surface area contributed by atoms with Crippen molar-refractivity contribution in [3.05, 3.63) is 0 Å². The Balaban J connectivity index is 2.34. The maximum Gasteiger partial charge on any atom is 0.0625 e. The highest BCUT2D eigenvalue weighted by Gasteiger charge is 2.21. The van der Waals surface area contributed by atoms with Gasteiger partial charge in [-0.1, -0.05) is 0 Å². The number of hydrogen-bond donors (Lipinski definition) is 1. The molecular formula is C7H12N2S. The molecule has 0 aromatic rings. The molecule has 0 bridgehead atoms. The van der Waals surface area contributed by atoms with Gasteiger partial charge in [0.15, 0.2) is 0 Å². The second-order valence-electron chi connectivity index (χ2n) is 2.65. The fourth-order valence-corrected chi connectivity index (χ4v) is 2.41. The summed E-state index contributed by atoms with van der Waals surface area (Å²) in [6, 6.07) is 2.45. The molecule has 0 amide bonds. The topological polar surface area (TPSA) is 49.8 Å². The maximum atomic E-state index is 8.42. The van der Waals surface area contributed by atoms with Gasteiger partial charge in [-0.25, -0.2) is 0 Å². The number of thioether (sulfide) groups is 1. The molecule has 0 unspecified atom stereocenters. The van der Waals surface area contributed by atoms with Crippen molar-refractivity contribution in [1.82, 2.24) is 0 Å². The lowest BCUT2D eigenvalue weighted by molar-refractivity contribution is 0.451. The van der Waals surface area contributed by atoms with Gasteiger partial charge in [0.05, 0.1) is 6.07 Å². The summed E-state index contributed by atoms with van der Waals surface area (Å²) >= 11 is 1.92. The first-order chi connectivity index (χ1) is 4.84. The van der Waals surface area contributed by atoms with Gasteiger partial charge >= 0.3 is 0 Å². The number of nitrogens with two attached hydrogens (primary N) is 1. The Hall–Kier alpha value is -0.200. The summed E-state index contributed by atoms with van der Waals surface area (Å²) in [5, 5.41) is 8.42. The molecule has 2 nitrogen and oxygen atoms in total. The summed E-state index contributed by atoms with van der Waals surface area (Å²) in [6.45, 7) is 0. The summed E-state index contributed by atoms with van der Waals surface area (Å²) < 4.78 is 0. The fourth-order valence-electron chi connectivity index (χ4n) is 1.14. The first kappa shape index (κ1) is 7.90. The largest absolute Gasteiger partial charge is 0.327 e. The molecule has 0 radical (unpaired) electrons. The Morgan fingerprint density at radius 2 is 2.50 bits per heavy atom. The van der Waals surface area contributed by atoms with E-state index in [1.807, 2.05) is 11.8 Å². The second-order valence-corrected chi connectivity index (χ2v) is 3.80. The van der Waals surface area contributed by atoms with Crippen LogP contribution in [0.5, 0.6) is 0 Å². The van der Waals surface area contributed by atoms with Crippen LogP contribution in [0.2, 0.25) is 0 Å². The van der Waals surface area contributed by atoms with E-state index in [1.165, 1.54) is 5.75 Å². The second kappa shape index (κ2) is 3.85. The molecule has 1 heterocycles. The molecule has 1 aliphatic rings. The SMILES string of the molecule is N#CC[C@H]1CSCC[C@H]1N. The smallest absolute Gasteiger partial charge is 0.0625 e. The minimum Gasteiger partial charge on any atom is -0.327 e. The molecule has 10 heavy (non-hydrogen) atoms. The standard InChI is InChI=1S/C7H12N2S/c8-3-1-6-5-10-4-2-7(6)9/h6-7H,1-2,4-5,9H2/t6-,7+/m0/s1. The first-order valence-electron chi connectivity index (χ1n) is 3.55. The molecule has 1 fully saturated rings. The van der Waals surface area contributed by atoms with Crippen LogP contribution < -0.4 is 5.73 Å². The third kappa shape index (κ3) is 1.89. The molecule has 1 rings (SSSR count). The maximum absolute atomic E-state index is 8.42. The summed E-state index contributed by atoms with van der Waals surface area (Å²) in [6.07, 6.45) is 1.71. The molecule has 1 saturated heterocycles. The third-order valence-corrected chi connectivity index (χ3v) is 3.07. The zero-order chi connectivity index (χ0) is 7.40. The zero-order valence-electron chi connectivity index (χ0n) is 5.92. The van der Waals surface area contributed by atoms with Crippen molar-refractivity contribution in [2.75, 3.05) is 11.5 Å². The van der Waals surface area contributed by atoms with E-state index in [0.717, 1.165) is 12.2 Å². The molecule has 0 aliphatic carbocycles. The number of nitrogens with zero attached hydrogens (tertiary/aromatic N) is 1. The minimum absolute atomic E-state index is 0.279. The van der Waals surface area contributed by atoms with E-state index < -0.39 is 0 Å². The zero-order valence-corrected chi connectivity index (χ0v) is 6.73. The quantitative estimate of drug-likeness (QED) is 0.615. The highest BCUT2D eigenvalue weighted by atomic mass is 32.2. The van der Waals surface area contributed by atoms with E-state index in [4.69, 9.17) is 11.0 Å². The van der Waals surface area contributed by atoms with Crippen LogP contribution in [0.3, 0.4) is 0 Å². The van der Waals surface area contributed by atoms with Gasteiger partial charge in [-0.3, -0.25) is 0 Å². The van der Waals surface area contributed by atoms with Crippen LogP contribution in [0.1, 0.15) is 12.8 Å². The van der Waals surface area contributed by atoms with Crippen LogP contribution in [0.15, 0.2) is 0 Å². The Morgan fingerprint density at radius 1 is 1.70 bits per heavy atom. The van der Waals surface area contributed by atoms with E-state index in [-0.39, 0.29) is 6.04 Å². The van der Waals surface area contributed by atoms with Crippen LogP contribution in [0.25, 0.3) is 0 Å². The summed E-state index contributed by atoms with van der Waals surface area (Å²) in [5.41, 5.74) is 5.80. The molecule has 0 saturated carbocycles. The Bertz CT molecular complexity index is 141. The molecule has 0 spiro atoms. The number of rotatable bonds is 1. The van der Waals surface area contributed by atoms with Crippen molar-refractivity contribution >= 4 is 11.8 Å². The Morgan fingerprint density at radius 3 is 3.10 bits per heavy atom. The number of hydrogen-bond acceptors (Lipinski definition) is 3. The average Bonchev–Trinajstić information content (AvgIpc) is 1.94. The number of nitriles is 1. The molecule has 0 aromatic heterocycles. The predicted molar refractivity (Wildman–Crippen MR) is 43.6 cm³/mol. The van der Waals surface area contributed by atoms with Crippen molar-refractivity contribution < 1.29 is 0 Å². The van der Waals surface area contributed by atoms with Gasteiger partial charge in [0.2, 0.25) is 0 Å². The van der Waals surface area contributed by atoms with Crippen LogP contribution in [0, 0.1) is 17.2 Å². The van der Waals surface area contributed by atoms with Gasteiger partial charge in [-0.2, -0.15) is 17.0 Å². The van der Waals surface area contributed by atoms with E-state index in [1.54, 1.807) is 0 Å². The van der Waals surface area contributed by atoms with Crippen molar-refractivity contribution in [2.24, 2.45) is 11.7 Å². The van der Waals surface area contributed by atoms with Gasteiger partial charge in [0.1, 0.15) is 0 Å². The van der Waals surface area contributed by atoms with Gasteiger partial charge in [-0.05, 0) is 23.8 Å². The molecular weight excluding hydrogens is 144 g/mol. The van der Waals surface area contributed by atoms with Crippen molar-refractivity contribution in [2.45, 2.75) is 18.9 Å². The predicted octanol–water partition coefficient (Wildman–Crippen LogP) is 0.980. The van der Waals surface area contributed by atoms with Crippen LogP contribution in [0.4, 0.5) is 0 Å². The summed E-state index contributed by atoms with van der Waals surface area (Å²) in [5.74, 6) is 2.70. The van der Waals surface area contributed by atoms with E-state index in [2.05, 4.69) is 6.07 Å². The molecule has 2 N–H and O–H groups in total. The third-order valence-electron chi connectivity index (χ3n) is 1.89. The van der Waals surface area contributed by atoms with Gasteiger partial charge < -0.3 is 5.73 Å². The van der Waals surface area contributed by atoms with Crippen molar-refractivity contribution in [1.29, 1.82) is 5.26 Å². The van der Waals surface area contributed by atoms with E-state index in [0.29, 0.717) is 12.3 Å². The molecule has 0 aromatic carbocycles. The van der Waals surface area contributed by atoms with Gasteiger partial charge in [-0.15, -0.1) is 0 Å². The lowest BCUT2D eigenvalue weighted by Crippen LogP contribution is -2.35. The molecule has 3 heteroatoms. The van der Waals surface area contributed by atoms with E-state index >= 15 is 0 Å². The van der Waals surface area contributed by atoms with E-state index in [9.17, 15) is 0 Å². The molecule has 1 aliphatic heterocycles. The van der Waals surface area contributed by atoms with Gasteiger partial charge in [0, 0.05) is 12.5 Å². The van der Waals surface area contributed by atoms with Crippen LogP contribution in [-0.2, 0) is 0 Å². The van der Waals surface area contributed by atoms with Crippen LogP contribution >= 0.6 is 11.8 Å². The monoisotopic (exact) mass is 156 g/mol. The van der Waals surface area contributed by atoms with Crippen molar-refractivity contribution in [3.8, 4) is 6.07 Å². The normalized spacial score (nSPS) is 33.2. The van der Waals surface area contributed by atoms with Gasteiger partial charge in [0.25, 0.3) is 0 Å². The lowest BCUT2D eigenvalue weighted by Gasteiger charge is -2.25. The minimum atomic E-state index is 0.279. The summed E-state index contributed by atoms with van der Waals surface area (Å²) in [7, 11) is 0. The average molecular weight is 156 g/mol. The lowest BCUT2D eigenvalue weighted by atomic mass is 9.97. The first-order valence-corrected chi connectivity index (χ1v) is 4.70.